The van der Waals surface area contributed by atoms with Crippen molar-refractivity contribution in [1.29, 1.82) is 0 Å². The van der Waals surface area contributed by atoms with E-state index in [4.69, 9.17) is 19.2 Å². The lowest BCUT2D eigenvalue weighted by atomic mass is 9.53. The number of fused-ring (bicyclic) bond motifs is 3. The summed E-state index contributed by atoms with van der Waals surface area (Å²) < 4.78 is 49.3. The number of H-pyrrole nitrogens is 1. The van der Waals surface area contributed by atoms with Crippen LogP contribution in [0.15, 0.2) is 83.9 Å². The van der Waals surface area contributed by atoms with Crippen molar-refractivity contribution in [2.45, 2.75) is 120 Å². The normalized spacial score (nSPS) is 27.2. The fraction of sp³-hybridized carbons (Fsp3) is 0.527. The second kappa shape index (κ2) is 19.5. The molecule has 11 rings (SSSR count). The highest BCUT2D eigenvalue weighted by molar-refractivity contribution is 7.90. The highest BCUT2D eigenvalue weighted by Gasteiger charge is 2.55. The largest absolute Gasteiger partial charge is 0.468 e. The van der Waals surface area contributed by atoms with E-state index in [1.165, 1.54) is 23.3 Å². The molecule has 3 aromatic carbocycles. The summed E-state index contributed by atoms with van der Waals surface area (Å²) in [5.41, 5.74) is 4.81. The lowest BCUT2D eigenvalue weighted by Gasteiger charge is -2.62. The molecule has 5 aromatic rings. The van der Waals surface area contributed by atoms with Crippen molar-refractivity contribution in [3.63, 3.8) is 0 Å². The Morgan fingerprint density at radius 3 is 2.49 bits per heavy atom. The number of morpholine rings is 1. The summed E-state index contributed by atoms with van der Waals surface area (Å²) in [6.45, 7) is 14.0. The van der Waals surface area contributed by atoms with Gasteiger partial charge in [0.15, 0.2) is 0 Å². The van der Waals surface area contributed by atoms with Crippen LogP contribution in [0.4, 0.5) is 28.4 Å². The molecule has 4 N–H and O–H groups in total. The van der Waals surface area contributed by atoms with Gasteiger partial charge in [0, 0.05) is 62.2 Å². The molecule has 6 heterocycles. The number of sulfonamides is 1. The van der Waals surface area contributed by atoms with E-state index in [9.17, 15) is 28.4 Å². The molecule has 0 bridgehead atoms. The van der Waals surface area contributed by atoms with Crippen LogP contribution in [0.25, 0.3) is 11.0 Å². The Hall–Kier alpha value is -5.79. The number of pyridine rings is 1. The number of anilines is 4. The zero-order chi connectivity index (χ0) is 50.8. The van der Waals surface area contributed by atoms with E-state index in [0.29, 0.717) is 86.4 Å². The Morgan fingerprint density at radius 1 is 0.945 bits per heavy atom. The number of nitrogens with zero attached hydrogens (tertiary/aromatic N) is 5. The van der Waals surface area contributed by atoms with E-state index in [1.54, 1.807) is 6.07 Å². The van der Waals surface area contributed by atoms with Gasteiger partial charge >= 0.3 is 0 Å². The first-order valence-electron chi connectivity index (χ1n) is 26.2. The van der Waals surface area contributed by atoms with Crippen LogP contribution < -0.4 is 24.6 Å². The van der Waals surface area contributed by atoms with Gasteiger partial charge in [0.25, 0.3) is 21.6 Å². The van der Waals surface area contributed by atoms with Crippen molar-refractivity contribution in [3.05, 3.63) is 106 Å². The molecule has 17 nitrogen and oxygen atoms in total. The number of hydrogen-bond acceptors (Lipinski definition) is 14. The standard InChI is InChI=1S/C55H68N8O9S/c1-34(2)40-7-5-6-8-41(40)49-32-71-26-24-61(49)48-30-55(35(48)3)19-22-60(23-20-55)38-9-11-42(45(28-38)62-44-16-25-70-33-50(44)72-53-47(62)27-37-15-21-56-51(37)58-53)52(64)59-73(68,69)39-10-12-43(46(29-39)63(66)67)57-31-36-13-17-54(4,65)18-14-36/h5-12,15,21,27-29,34-36,44,48-50,57,65H,13-14,16-20,22-26,30-33H2,1-4H3,(H,56,58)(H,59,64)/t35-,36?,44+,48-,49+,50+,54?/m1/s1. The van der Waals surface area contributed by atoms with Crippen LogP contribution in [-0.4, -0.2) is 116 Å². The number of carbonyl (C=O) groups is 1. The summed E-state index contributed by atoms with van der Waals surface area (Å²) >= 11 is 0. The van der Waals surface area contributed by atoms with Gasteiger partial charge in [-0.3, -0.25) is 19.8 Å². The number of nitro groups is 1. The second-order valence-electron chi connectivity index (χ2n) is 22.1. The maximum atomic E-state index is 14.7. The molecule has 0 unspecified atom stereocenters. The van der Waals surface area contributed by atoms with Crippen LogP contribution in [-0.2, 0) is 19.5 Å². The fourth-order valence-electron chi connectivity index (χ4n) is 13.0. The summed E-state index contributed by atoms with van der Waals surface area (Å²) in [5, 5.41) is 26.8. The highest BCUT2D eigenvalue weighted by atomic mass is 32.2. The van der Waals surface area contributed by atoms with Gasteiger partial charge < -0.3 is 39.4 Å². The van der Waals surface area contributed by atoms with Gasteiger partial charge in [-0.15, -0.1) is 0 Å². The third kappa shape index (κ3) is 9.42. The van der Waals surface area contributed by atoms with Gasteiger partial charge in [-0.05, 0) is 135 Å². The van der Waals surface area contributed by atoms with Gasteiger partial charge in [0.1, 0.15) is 23.1 Å². The van der Waals surface area contributed by atoms with Crippen LogP contribution in [0.5, 0.6) is 5.88 Å². The number of piperidine rings is 1. The molecule has 6 aliphatic rings. The number of nitrogens with one attached hydrogen (secondary N) is 3. The predicted molar refractivity (Wildman–Crippen MR) is 279 cm³/mol. The Bertz CT molecular complexity index is 3000. The molecule has 2 aliphatic carbocycles. The SMILES string of the molecule is CC(C)c1ccccc1[C@@H]1COCCN1[C@@H]1CC2(CCN(c3ccc(C(=O)NS(=O)(=O)c4ccc(NCC5CCC(C)(O)CC5)c([N+](=O)[O-])c4)c(N4c5cc6cc[nH]c6nc5O[C@H]5COCC[C@@H]54)c3)CC2)[C@@H]1C. The van der Waals surface area contributed by atoms with Gasteiger partial charge in [-0.25, -0.2) is 13.1 Å². The van der Waals surface area contributed by atoms with Crippen LogP contribution in [0.1, 0.15) is 113 Å². The fourth-order valence-corrected chi connectivity index (χ4v) is 13.9. The summed E-state index contributed by atoms with van der Waals surface area (Å²) in [7, 11) is -4.63. The molecule has 1 spiro atoms. The summed E-state index contributed by atoms with van der Waals surface area (Å²) in [5.74, 6) is 0.599. The molecule has 3 saturated heterocycles. The van der Waals surface area contributed by atoms with Gasteiger partial charge in [0.2, 0.25) is 5.88 Å². The average Bonchev–Trinajstić information content (AvgIpc) is 3.85. The maximum Gasteiger partial charge on any atom is 0.293 e. The summed E-state index contributed by atoms with van der Waals surface area (Å²) in [6.07, 6.45) is 7.90. The zero-order valence-electron chi connectivity index (χ0n) is 42.2. The lowest BCUT2D eigenvalue weighted by Crippen LogP contribution is -2.63. The predicted octanol–water partition coefficient (Wildman–Crippen LogP) is 8.82. The van der Waals surface area contributed by atoms with Crippen molar-refractivity contribution in [1.82, 2.24) is 19.6 Å². The number of amides is 1. The minimum atomic E-state index is -4.63. The van der Waals surface area contributed by atoms with Gasteiger partial charge in [-0.2, -0.15) is 4.98 Å². The number of ether oxygens (including phenoxy) is 3. The molecule has 4 aliphatic heterocycles. The Labute approximate surface area is 427 Å². The van der Waals surface area contributed by atoms with Crippen molar-refractivity contribution in [3.8, 4) is 5.88 Å². The Morgan fingerprint density at radius 2 is 1.73 bits per heavy atom. The quantitative estimate of drug-likeness (QED) is 0.0681. The molecule has 2 aromatic heterocycles. The van der Waals surface area contributed by atoms with Crippen LogP contribution >= 0.6 is 0 Å². The minimum Gasteiger partial charge on any atom is -0.468 e. The van der Waals surface area contributed by atoms with Crippen molar-refractivity contribution in [2.75, 3.05) is 67.7 Å². The molecule has 388 valence electrons. The smallest absolute Gasteiger partial charge is 0.293 e. The van der Waals surface area contributed by atoms with E-state index in [1.807, 2.05) is 37.4 Å². The molecular weight excluding hydrogens is 949 g/mol. The van der Waals surface area contributed by atoms with Crippen molar-refractivity contribution < 1.29 is 37.5 Å². The lowest BCUT2D eigenvalue weighted by molar-refractivity contribution is -0.384. The van der Waals surface area contributed by atoms with Gasteiger partial charge in [0.05, 0.1) is 58.6 Å². The van der Waals surface area contributed by atoms with Crippen molar-refractivity contribution >= 4 is 55.4 Å². The third-order valence-electron chi connectivity index (χ3n) is 17.4. The molecule has 1 amide bonds. The highest BCUT2D eigenvalue weighted by Crippen LogP contribution is 2.57. The molecule has 5 fully saturated rings. The number of hydrogen-bond donors (Lipinski definition) is 4. The minimum absolute atomic E-state index is 0.113. The molecule has 73 heavy (non-hydrogen) atoms. The van der Waals surface area contributed by atoms with E-state index >= 15 is 0 Å². The average molecular weight is 1020 g/mol. The topological polar surface area (TPSA) is 205 Å². The van der Waals surface area contributed by atoms with E-state index in [-0.39, 0.29) is 34.7 Å². The first-order valence-corrected chi connectivity index (χ1v) is 27.7. The van der Waals surface area contributed by atoms with Crippen LogP contribution in [0, 0.1) is 27.4 Å². The number of aromatic amines is 1. The van der Waals surface area contributed by atoms with Crippen LogP contribution in [0.2, 0.25) is 0 Å². The third-order valence-corrected chi connectivity index (χ3v) is 18.7. The first kappa shape index (κ1) is 49.4. The Kier molecular flexibility index (Phi) is 13.2. The van der Waals surface area contributed by atoms with Crippen molar-refractivity contribution in [2.24, 2.45) is 17.3 Å². The molecule has 0 radical (unpaired) electrons. The van der Waals surface area contributed by atoms with Gasteiger partial charge in [-0.1, -0.05) is 45.0 Å². The molecule has 5 atom stereocenters. The molecular formula is C55H68N8O9S. The molecule has 18 heteroatoms. The summed E-state index contributed by atoms with van der Waals surface area (Å²) in [4.78, 5) is 41.3. The second-order valence-corrected chi connectivity index (χ2v) is 23.8. The van der Waals surface area contributed by atoms with E-state index in [2.05, 4.69) is 74.8 Å². The number of carbonyl (C=O) groups excluding carboxylic acids is 1. The first-order chi connectivity index (χ1) is 35.1. The zero-order valence-corrected chi connectivity index (χ0v) is 43.0. The monoisotopic (exact) mass is 1020 g/mol. The number of rotatable bonds is 12. The van der Waals surface area contributed by atoms with E-state index in [0.717, 1.165) is 75.5 Å². The van der Waals surface area contributed by atoms with E-state index < -0.39 is 43.1 Å². The number of benzene rings is 3. The van der Waals surface area contributed by atoms with Crippen LogP contribution in [0.3, 0.4) is 0 Å². The number of aromatic nitrogens is 2. The summed E-state index contributed by atoms with van der Waals surface area (Å²) in [6, 6.07) is 22.4. The number of nitro benzene ring substituents is 1. The molecule has 2 saturated carbocycles. The Balaban J connectivity index is 0.873. The number of aliphatic hydroxyl groups is 1. The maximum absolute atomic E-state index is 14.7.